The lowest BCUT2D eigenvalue weighted by atomic mass is 10.00. The van der Waals surface area contributed by atoms with Crippen molar-refractivity contribution in [1.29, 1.82) is 0 Å². The molecule has 0 unspecified atom stereocenters. The summed E-state index contributed by atoms with van der Waals surface area (Å²) in [7, 11) is 3.95. The van der Waals surface area contributed by atoms with Crippen molar-refractivity contribution in [1.82, 2.24) is 62.6 Å². The van der Waals surface area contributed by atoms with Gasteiger partial charge in [-0.2, -0.15) is 0 Å². The molecule has 0 aromatic heterocycles. The number of hydrogen-bond acceptors (Lipinski definition) is 17. The largest absolute Gasteiger partial charge is 0.444 e. The van der Waals surface area contributed by atoms with Gasteiger partial charge in [0.1, 0.15) is 66.5 Å². The number of rotatable bonds is 39. The summed E-state index contributed by atoms with van der Waals surface area (Å²) in [6.07, 6.45) is 6.49. The van der Waals surface area contributed by atoms with Crippen molar-refractivity contribution >= 4 is 93.9 Å². The monoisotopic (exact) mass is 1420 g/mol. The summed E-state index contributed by atoms with van der Waals surface area (Å²) in [5, 5.41) is 22.4. The Morgan fingerprint density at radius 1 is 0.550 bits per heavy atom. The van der Waals surface area contributed by atoms with Crippen LogP contribution >= 0.6 is 11.8 Å². The average Bonchev–Trinajstić information content (AvgIpc) is 0.846. The number of amides is 13. The van der Waals surface area contributed by atoms with Gasteiger partial charge in [-0.15, -0.1) is 0 Å². The number of thioether (sulfide) groups is 1. The summed E-state index contributed by atoms with van der Waals surface area (Å²) in [6, 6.07) is 5.38. The molecule has 29 nitrogen and oxygen atoms in total. The molecule has 0 fully saturated rings. The Bertz CT molecular complexity index is 3210. The van der Waals surface area contributed by atoms with Crippen molar-refractivity contribution < 1.29 is 76.6 Å². The number of primary amides is 1. The van der Waals surface area contributed by atoms with E-state index in [9.17, 15) is 67.1 Å². The molecule has 2 aromatic carbocycles. The van der Waals surface area contributed by atoms with Crippen molar-refractivity contribution in [3.63, 3.8) is 0 Å². The predicted molar refractivity (Wildman–Crippen MR) is 378 cm³/mol. The van der Waals surface area contributed by atoms with E-state index in [0.717, 1.165) is 32.0 Å². The molecule has 11 N–H and O–H groups in total. The minimum atomic E-state index is -1.64. The van der Waals surface area contributed by atoms with Gasteiger partial charge < -0.3 is 77.8 Å². The Morgan fingerprint density at radius 3 is 1.69 bits per heavy atom. The van der Waals surface area contributed by atoms with Crippen LogP contribution in [0.4, 0.5) is 4.79 Å². The van der Waals surface area contributed by atoms with Crippen molar-refractivity contribution in [2.24, 2.45) is 17.6 Å². The van der Waals surface area contributed by atoms with Gasteiger partial charge in [0.15, 0.2) is 5.12 Å². The van der Waals surface area contributed by atoms with Crippen molar-refractivity contribution in [2.75, 3.05) is 47.4 Å². The first-order valence-corrected chi connectivity index (χ1v) is 33.9. The van der Waals surface area contributed by atoms with Crippen LogP contribution in [0.2, 0.25) is 0 Å². The van der Waals surface area contributed by atoms with Gasteiger partial charge in [0, 0.05) is 39.7 Å². The molecule has 0 aliphatic carbocycles. The molecule has 0 saturated carbocycles. The maximum absolute atomic E-state index is 14.8. The summed E-state index contributed by atoms with van der Waals surface area (Å²) in [5.74, 6) is -10.3. The third kappa shape index (κ3) is 32.5. The molecule has 0 saturated heterocycles. The molecule has 9 atom stereocenters. The van der Waals surface area contributed by atoms with E-state index in [1.165, 1.54) is 48.0 Å². The minimum absolute atomic E-state index is 0.0448. The van der Waals surface area contributed by atoms with Gasteiger partial charge in [-0.05, 0) is 98.1 Å². The maximum atomic E-state index is 14.8. The first-order chi connectivity index (χ1) is 46.7. The van der Waals surface area contributed by atoms with Gasteiger partial charge in [-0.25, -0.2) is 4.79 Å². The smallest absolute Gasteiger partial charge is 0.408 e. The quantitative estimate of drug-likeness (QED) is 0.0428. The SMILES string of the molecule is C=C/C=C\C=C\C[C@@H](C(=O)NCC(=O)N(C)[C@@H](CC(C)C)C(=O)N[C@@H](C)C(=O)N[C@H](C(=O)N[C@@H](Cc1ccccc1)C(=O)N[C@@H](CC(=O)SCc1ccccc1)C(=O)N(C)[C@@H](C)C(=O)N[C@@H](COC(C)(C)C)C(=O)NCC(N)=O)C(C)C)N(C)C(=O)[C@H](C)NC(=O)CNC(=O)OC(C)(C)C. The van der Waals surface area contributed by atoms with Crippen molar-refractivity contribution in [2.45, 2.75) is 187 Å². The number of nitrogens with one attached hydrogen (secondary N) is 9. The first kappa shape index (κ1) is 86.6. The van der Waals surface area contributed by atoms with Gasteiger partial charge in [0.05, 0.1) is 25.3 Å². The minimum Gasteiger partial charge on any atom is -0.444 e. The molecular weight excluding hydrogens is 1310 g/mol. The van der Waals surface area contributed by atoms with Crippen LogP contribution in [-0.4, -0.2) is 210 Å². The number of benzene rings is 2. The fraction of sp³-hybridized carbons (Fsp3) is 0.543. The first-order valence-electron chi connectivity index (χ1n) is 32.9. The Balaban J connectivity index is 2.42. The zero-order chi connectivity index (χ0) is 75.8. The van der Waals surface area contributed by atoms with Gasteiger partial charge in [0.2, 0.25) is 70.9 Å². The second-order valence-electron chi connectivity index (χ2n) is 26.7. The molecule has 552 valence electrons. The number of alkyl carbamates (subject to hydrolysis) is 1. The highest BCUT2D eigenvalue weighted by molar-refractivity contribution is 8.12. The van der Waals surface area contributed by atoms with Crippen LogP contribution in [-0.2, 0) is 84.0 Å². The molecule has 0 aliphatic heterocycles. The highest BCUT2D eigenvalue weighted by Crippen LogP contribution is 2.19. The van der Waals surface area contributed by atoms with Crippen LogP contribution in [0.1, 0.15) is 120 Å². The molecular formula is C70H105N13O16S. The molecule has 0 spiro atoms. The molecule has 100 heavy (non-hydrogen) atoms. The number of hydrogen-bond donors (Lipinski definition) is 10. The highest BCUT2D eigenvalue weighted by atomic mass is 32.2. The summed E-state index contributed by atoms with van der Waals surface area (Å²) >= 11 is 0.882. The molecule has 30 heteroatoms. The van der Waals surface area contributed by atoms with E-state index >= 15 is 0 Å². The summed E-state index contributed by atoms with van der Waals surface area (Å²) in [4.78, 5) is 194. The summed E-state index contributed by atoms with van der Waals surface area (Å²) in [5.41, 5.74) is 5.00. The van der Waals surface area contributed by atoms with Crippen LogP contribution in [0.15, 0.2) is 97.6 Å². The number of likely N-dealkylation sites (N-methyl/N-ethyl adjacent to an activating group) is 3. The standard InChI is InChI=1S/C70H105N13O16S/c1-18-19-20-21-28-33-52(83(17)66(95)45(7)75-55(85)38-74-68(97)99-70(12,13)14)63(92)73-39-56(86)82(16)53(34-42(2)3)64(93)76-44(6)59(88)80-58(43(4)5)65(94)77-49(35-47-29-24-22-25-30-47)62(91)78-50(36-57(87)100-41-48-31-26-23-27-32-48)67(96)81(15)46(8)60(89)79-51(40-98-69(9,10)11)61(90)72-37-54(71)84/h18-32,42-46,49-53,58H,1,33-41H2,2-17H3,(H2,71,84)(H,72,90)(H,73,92)(H,74,97)(H,75,85)(H,76,93)(H,77,94)(H,78,91)(H,79,89)(H,80,88)/b20-19-,28-21+/t44-,45-,46-,49-,50-,51-,52-,53-,58-/m0/s1. The van der Waals surface area contributed by atoms with Crippen LogP contribution in [0.25, 0.3) is 0 Å². The molecule has 13 amide bonds. The third-order valence-corrected chi connectivity index (χ3v) is 16.0. The molecule has 0 aliphatic rings. The third-order valence-electron chi connectivity index (χ3n) is 15.0. The second kappa shape index (κ2) is 42.5. The number of nitrogens with zero attached hydrogens (tertiary/aromatic N) is 3. The topological polar surface area (TPSA) is 401 Å². The fourth-order valence-corrected chi connectivity index (χ4v) is 10.1. The molecule has 0 radical (unpaired) electrons. The second-order valence-corrected chi connectivity index (χ2v) is 27.7. The molecule has 2 rings (SSSR count). The zero-order valence-corrected chi connectivity index (χ0v) is 61.3. The highest BCUT2D eigenvalue weighted by Gasteiger charge is 2.38. The van der Waals surface area contributed by atoms with E-state index in [2.05, 4.69) is 54.4 Å². The Labute approximate surface area is 591 Å². The number of carbonyl (C=O) groups excluding carboxylic acids is 14. The number of ether oxygens (including phenoxy) is 2. The van der Waals surface area contributed by atoms with E-state index in [1.54, 1.807) is 154 Å². The van der Waals surface area contributed by atoms with Crippen molar-refractivity contribution in [3.05, 3.63) is 109 Å². The van der Waals surface area contributed by atoms with Gasteiger partial charge >= 0.3 is 6.09 Å². The summed E-state index contributed by atoms with van der Waals surface area (Å²) in [6.45, 7) is 22.7. The van der Waals surface area contributed by atoms with Crippen LogP contribution in [0.3, 0.4) is 0 Å². The Morgan fingerprint density at radius 2 is 1.13 bits per heavy atom. The predicted octanol–water partition coefficient (Wildman–Crippen LogP) is 1.98. The number of nitrogens with two attached hydrogens (primary N) is 1. The average molecular weight is 1420 g/mol. The van der Waals surface area contributed by atoms with Crippen molar-refractivity contribution in [3.8, 4) is 0 Å². The summed E-state index contributed by atoms with van der Waals surface area (Å²) < 4.78 is 10.9. The van der Waals surface area contributed by atoms with Gasteiger partial charge in [-0.3, -0.25) is 62.3 Å². The Kier molecular flexibility index (Phi) is 36.8. The molecule has 2 aromatic rings. The number of carbonyl (C=O) groups is 14. The van der Waals surface area contributed by atoms with Crippen LogP contribution in [0, 0.1) is 11.8 Å². The van der Waals surface area contributed by atoms with E-state index in [1.807, 2.05) is 0 Å². The van der Waals surface area contributed by atoms with Gasteiger partial charge in [-0.1, -0.05) is 137 Å². The normalized spacial score (nSPS) is 14.2. The van der Waals surface area contributed by atoms with E-state index in [0.29, 0.717) is 5.56 Å². The lowest BCUT2D eigenvalue weighted by Crippen LogP contribution is -2.61. The molecule has 0 heterocycles. The lowest BCUT2D eigenvalue weighted by molar-refractivity contribution is -0.143. The van der Waals surface area contributed by atoms with E-state index < -0.39 is 180 Å². The van der Waals surface area contributed by atoms with E-state index in [4.69, 9.17) is 15.2 Å². The fourth-order valence-electron chi connectivity index (χ4n) is 9.28. The zero-order valence-electron chi connectivity index (χ0n) is 60.4. The maximum Gasteiger partial charge on any atom is 0.408 e. The van der Waals surface area contributed by atoms with Crippen LogP contribution in [0.5, 0.6) is 0 Å². The lowest BCUT2D eigenvalue weighted by Gasteiger charge is -2.32. The van der Waals surface area contributed by atoms with Gasteiger partial charge in [0.25, 0.3) is 0 Å². The van der Waals surface area contributed by atoms with E-state index in [-0.39, 0.29) is 37.5 Å². The molecule has 0 bridgehead atoms. The Hall–Kier alpha value is -9.45. The number of allylic oxidation sites excluding steroid dienone is 4. The van der Waals surface area contributed by atoms with Crippen LogP contribution < -0.4 is 53.6 Å².